The average molecular weight is 453 g/mol. The van der Waals surface area contributed by atoms with Crippen molar-refractivity contribution in [2.45, 2.75) is 44.8 Å². The second-order valence-corrected chi connectivity index (χ2v) is 8.66. The monoisotopic (exact) mass is 452 g/mol. The second-order valence-electron chi connectivity index (χ2n) is 8.66. The van der Waals surface area contributed by atoms with Crippen LogP contribution in [0.1, 0.15) is 44.7 Å². The highest BCUT2D eigenvalue weighted by Gasteiger charge is 2.59. The maximum atomic E-state index is 11.9. The number of nitro benzene ring substituents is 1. The molecule has 0 aliphatic carbocycles. The van der Waals surface area contributed by atoms with Crippen molar-refractivity contribution in [1.82, 2.24) is 0 Å². The number of hydrogen-bond acceptors (Lipinski definition) is 7. The van der Waals surface area contributed by atoms with Gasteiger partial charge in [-0.15, -0.1) is 0 Å². The highest BCUT2D eigenvalue weighted by atomic mass is 16.6. The molecular weight excluding hydrogens is 424 g/mol. The van der Waals surface area contributed by atoms with Crippen LogP contribution in [-0.4, -0.2) is 36.9 Å². The Morgan fingerprint density at radius 2 is 2.00 bits per heavy atom. The molecule has 2 aromatic rings. The van der Waals surface area contributed by atoms with Gasteiger partial charge >= 0.3 is 5.97 Å². The largest absolute Gasteiger partial charge is 0.493 e. The smallest absolute Gasteiger partial charge is 0.305 e. The van der Waals surface area contributed by atoms with Crippen molar-refractivity contribution in [2.75, 3.05) is 25.2 Å². The molecule has 4 rings (SSSR count). The third kappa shape index (κ3) is 3.59. The average Bonchev–Trinajstić information content (AvgIpc) is 2.97. The number of ether oxygens (including phenoxy) is 3. The van der Waals surface area contributed by atoms with Crippen LogP contribution in [0.3, 0.4) is 0 Å². The van der Waals surface area contributed by atoms with Gasteiger partial charge in [0.2, 0.25) is 5.72 Å². The van der Waals surface area contributed by atoms with Crippen molar-refractivity contribution in [2.24, 2.45) is 0 Å². The molecule has 0 bridgehead atoms. The predicted molar refractivity (Wildman–Crippen MR) is 125 cm³/mol. The van der Waals surface area contributed by atoms with Crippen LogP contribution in [0.2, 0.25) is 0 Å². The number of carbonyl (C=O) groups excluding carboxylic acids is 1. The lowest BCUT2D eigenvalue weighted by Crippen LogP contribution is -2.59. The zero-order valence-corrected chi connectivity index (χ0v) is 19.3. The molecule has 2 aliphatic rings. The molecule has 0 N–H and O–H groups in total. The lowest BCUT2D eigenvalue weighted by molar-refractivity contribution is -0.385. The van der Waals surface area contributed by atoms with Gasteiger partial charge in [0.1, 0.15) is 0 Å². The zero-order chi connectivity index (χ0) is 23.8. The summed E-state index contributed by atoms with van der Waals surface area (Å²) in [6.07, 6.45) is 4.72. The van der Waals surface area contributed by atoms with Crippen LogP contribution >= 0.6 is 0 Å². The van der Waals surface area contributed by atoms with Crippen LogP contribution in [0.4, 0.5) is 11.4 Å². The number of nitrogens with zero attached hydrogens (tertiary/aromatic N) is 2. The third-order valence-corrected chi connectivity index (χ3v) is 6.48. The molecule has 0 amide bonds. The molecule has 0 saturated heterocycles. The molecule has 1 spiro atoms. The minimum atomic E-state index is -0.901. The number of methoxy groups -OCH3 is 1. The van der Waals surface area contributed by atoms with Gasteiger partial charge in [-0.05, 0) is 51.0 Å². The Kier molecular flexibility index (Phi) is 5.78. The number of fused-ring (bicyclic) bond motifs is 2. The molecule has 2 heterocycles. The van der Waals surface area contributed by atoms with Gasteiger partial charge in [-0.2, -0.15) is 0 Å². The van der Waals surface area contributed by atoms with Crippen molar-refractivity contribution in [3.05, 3.63) is 63.7 Å². The van der Waals surface area contributed by atoms with E-state index in [2.05, 4.69) is 30.9 Å². The zero-order valence-electron chi connectivity index (χ0n) is 19.3. The van der Waals surface area contributed by atoms with E-state index in [1.165, 1.54) is 19.2 Å². The number of carbonyl (C=O) groups is 1. The molecule has 2 aromatic carbocycles. The first-order valence-electron chi connectivity index (χ1n) is 11.0. The van der Waals surface area contributed by atoms with Crippen LogP contribution in [0.15, 0.2) is 42.5 Å². The Bertz CT molecular complexity index is 1130. The van der Waals surface area contributed by atoms with E-state index in [0.29, 0.717) is 43.1 Å². The van der Waals surface area contributed by atoms with E-state index in [0.717, 1.165) is 11.3 Å². The molecule has 8 nitrogen and oxygen atoms in total. The maximum absolute atomic E-state index is 11.9. The van der Waals surface area contributed by atoms with Crippen molar-refractivity contribution in [3.63, 3.8) is 0 Å². The fraction of sp³-hybridized carbons (Fsp3) is 0.400. The Hall–Kier alpha value is -3.55. The van der Waals surface area contributed by atoms with Gasteiger partial charge in [0.15, 0.2) is 11.5 Å². The Balaban J connectivity index is 1.77. The van der Waals surface area contributed by atoms with Crippen LogP contribution in [-0.2, 0) is 14.9 Å². The fourth-order valence-corrected chi connectivity index (χ4v) is 4.82. The molecule has 2 aliphatic heterocycles. The van der Waals surface area contributed by atoms with Gasteiger partial charge in [-0.25, -0.2) is 0 Å². The van der Waals surface area contributed by atoms with Gasteiger partial charge in [-0.1, -0.05) is 18.2 Å². The molecule has 1 atom stereocenters. The Labute approximate surface area is 192 Å². The third-order valence-electron chi connectivity index (χ3n) is 6.48. The number of nitro groups is 1. The second kappa shape index (κ2) is 8.42. The molecule has 8 heteroatoms. The summed E-state index contributed by atoms with van der Waals surface area (Å²) < 4.78 is 17.3. The van der Waals surface area contributed by atoms with Crippen molar-refractivity contribution >= 4 is 23.4 Å². The van der Waals surface area contributed by atoms with E-state index >= 15 is 0 Å². The van der Waals surface area contributed by atoms with E-state index in [9.17, 15) is 14.9 Å². The first-order valence-corrected chi connectivity index (χ1v) is 11.0. The van der Waals surface area contributed by atoms with E-state index in [4.69, 9.17) is 14.2 Å². The van der Waals surface area contributed by atoms with E-state index in [1.807, 2.05) is 24.3 Å². The number of hydrogen-bond donors (Lipinski definition) is 0. The molecule has 0 unspecified atom stereocenters. The van der Waals surface area contributed by atoms with Crippen LogP contribution in [0, 0.1) is 10.1 Å². The lowest BCUT2D eigenvalue weighted by Gasteiger charge is -2.47. The summed E-state index contributed by atoms with van der Waals surface area (Å²) in [6.45, 7) is 6.95. The van der Waals surface area contributed by atoms with Crippen molar-refractivity contribution in [3.8, 4) is 11.5 Å². The summed E-state index contributed by atoms with van der Waals surface area (Å²) in [5.41, 5.74) is 1.31. The van der Waals surface area contributed by atoms with Crippen molar-refractivity contribution in [1.29, 1.82) is 0 Å². The van der Waals surface area contributed by atoms with Gasteiger partial charge in [0, 0.05) is 30.3 Å². The molecular formula is C25H28N2O6. The first kappa shape index (κ1) is 22.6. The minimum absolute atomic E-state index is 0.0601. The summed E-state index contributed by atoms with van der Waals surface area (Å²) in [5, 5.41) is 11.4. The van der Waals surface area contributed by atoms with Gasteiger partial charge in [0.25, 0.3) is 5.69 Å². The van der Waals surface area contributed by atoms with Crippen LogP contribution in [0.25, 0.3) is 6.08 Å². The molecule has 174 valence electrons. The van der Waals surface area contributed by atoms with Crippen molar-refractivity contribution < 1.29 is 23.9 Å². The predicted octanol–water partition coefficient (Wildman–Crippen LogP) is 4.85. The summed E-state index contributed by atoms with van der Waals surface area (Å²) in [7, 11) is 1.47. The maximum Gasteiger partial charge on any atom is 0.305 e. The van der Waals surface area contributed by atoms with Gasteiger partial charge < -0.3 is 19.1 Å². The minimum Gasteiger partial charge on any atom is -0.493 e. The number of non-ortho nitro benzene ring substituents is 1. The summed E-state index contributed by atoms with van der Waals surface area (Å²) in [6, 6.07) is 11.0. The SMILES string of the molecule is CCOC(=O)CCCN1c2ccccc2C(C)(C)[C@@]12C=Cc1cc([N+](=O)[O-])cc(OC)c1O2. The standard InChI is InChI=1S/C25H28N2O6/c1-5-32-22(28)11-8-14-26-20-10-7-6-9-19(20)24(2,3)25(26)13-12-17-15-18(27(29)30)16-21(31-4)23(17)33-25/h6-7,9-10,12-13,15-16H,5,8,11,14H2,1-4H3/t25-/m0/s1. The van der Waals surface area contributed by atoms with E-state index < -0.39 is 16.1 Å². The number of rotatable bonds is 7. The van der Waals surface area contributed by atoms with E-state index in [-0.39, 0.29) is 11.7 Å². The first-order chi connectivity index (χ1) is 15.7. The normalized spacial score (nSPS) is 19.6. The summed E-state index contributed by atoms with van der Waals surface area (Å²) >= 11 is 0. The molecule has 0 radical (unpaired) electrons. The Morgan fingerprint density at radius 3 is 2.70 bits per heavy atom. The summed E-state index contributed by atoms with van der Waals surface area (Å²) in [4.78, 5) is 25.0. The Morgan fingerprint density at radius 1 is 1.24 bits per heavy atom. The number of benzene rings is 2. The quantitative estimate of drug-likeness (QED) is 0.337. The highest BCUT2D eigenvalue weighted by Crippen LogP contribution is 2.56. The molecule has 33 heavy (non-hydrogen) atoms. The fourth-order valence-electron chi connectivity index (χ4n) is 4.82. The number of para-hydroxylation sites is 1. The van der Waals surface area contributed by atoms with Gasteiger partial charge in [0.05, 0.1) is 30.1 Å². The highest BCUT2D eigenvalue weighted by molar-refractivity contribution is 5.75. The summed E-state index contributed by atoms with van der Waals surface area (Å²) in [5.74, 6) is 0.542. The molecule has 0 aromatic heterocycles. The topological polar surface area (TPSA) is 91.1 Å². The van der Waals surface area contributed by atoms with E-state index in [1.54, 1.807) is 6.92 Å². The molecule has 0 fully saturated rings. The van der Waals surface area contributed by atoms with Crippen LogP contribution < -0.4 is 14.4 Å². The molecule has 0 saturated carbocycles. The number of esters is 1. The van der Waals surface area contributed by atoms with Crippen LogP contribution in [0.5, 0.6) is 11.5 Å². The van der Waals surface area contributed by atoms with Gasteiger partial charge in [-0.3, -0.25) is 14.9 Å². The number of anilines is 1. The lowest BCUT2D eigenvalue weighted by atomic mass is 9.76.